The van der Waals surface area contributed by atoms with Crippen molar-refractivity contribution in [3.63, 3.8) is 0 Å². The topological polar surface area (TPSA) is 80.3 Å². The highest BCUT2D eigenvalue weighted by atomic mass is 16.3. The van der Waals surface area contributed by atoms with Crippen molar-refractivity contribution in [2.75, 3.05) is 27.2 Å². The number of amides is 1. The number of rotatable bonds is 4. The smallest absolute Gasteiger partial charge is 0.289 e. The number of furan rings is 1. The zero-order chi connectivity index (χ0) is 18.1. The Morgan fingerprint density at radius 1 is 1.31 bits per heavy atom. The van der Waals surface area contributed by atoms with Crippen molar-refractivity contribution in [2.24, 2.45) is 0 Å². The fourth-order valence-electron chi connectivity index (χ4n) is 4.41. The highest BCUT2D eigenvalue weighted by molar-refractivity contribution is 5.91. The summed E-state index contributed by atoms with van der Waals surface area (Å²) in [6.07, 6.45) is 8.06. The molecular formula is C18H26N6O2. The summed E-state index contributed by atoms with van der Waals surface area (Å²) in [5.74, 6) is 1.20. The molecule has 2 aromatic rings. The molecule has 140 valence electrons. The van der Waals surface area contributed by atoms with Crippen molar-refractivity contribution in [1.29, 1.82) is 0 Å². The van der Waals surface area contributed by atoms with Gasteiger partial charge in [-0.2, -0.15) is 0 Å². The number of piperidine rings is 1. The van der Waals surface area contributed by atoms with Gasteiger partial charge in [0.1, 0.15) is 5.54 Å². The normalized spacial score (nSPS) is 24.5. The first kappa shape index (κ1) is 17.2. The van der Waals surface area contributed by atoms with Gasteiger partial charge in [-0.15, -0.1) is 5.10 Å². The van der Waals surface area contributed by atoms with Crippen molar-refractivity contribution in [3.8, 4) is 0 Å². The van der Waals surface area contributed by atoms with Gasteiger partial charge in [0.15, 0.2) is 11.6 Å². The first-order chi connectivity index (χ1) is 12.6. The monoisotopic (exact) mass is 358 g/mol. The number of hydrogen-bond donors (Lipinski definition) is 0. The molecule has 4 rings (SSSR count). The van der Waals surface area contributed by atoms with Gasteiger partial charge in [-0.05, 0) is 62.3 Å². The summed E-state index contributed by atoms with van der Waals surface area (Å²) in [5.41, 5.74) is -0.382. The molecule has 1 saturated heterocycles. The van der Waals surface area contributed by atoms with Gasteiger partial charge >= 0.3 is 0 Å². The Morgan fingerprint density at radius 3 is 2.81 bits per heavy atom. The zero-order valence-corrected chi connectivity index (χ0v) is 15.5. The van der Waals surface area contributed by atoms with Crippen LogP contribution in [0.5, 0.6) is 0 Å². The molecule has 3 heterocycles. The molecule has 1 atom stereocenters. The molecule has 1 unspecified atom stereocenters. The maximum Gasteiger partial charge on any atom is 0.289 e. The van der Waals surface area contributed by atoms with Crippen LogP contribution >= 0.6 is 0 Å². The van der Waals surface area contributed by atoms with Gasteiger partial charge in [-0.1, -0.05) is 12.8 Å². The Bertz CT molecular complexity index is 750. The van der Waals surface area contributed by atoms with E-state index in [1.807, 2.05) is 9.58 Å². The molecule has 2 aromatic heterocycles. The zero-order valence-electron chi connectivity index (χ0n) is 15.5. The van der Waals surface area contributed by atoms with E-state index < -0.39 is 0 Å². The summed E-state index contributed by atoms with van der Waals surface area (Å²) >= 11 is 0. The summed E-state index contributed by atoms with van der Waals surface area (Å²) in [6, 6.07) is 3.83. The summed E-state index contributed by atoms with van der Waals surface area (Å²) in [5, 5.41) is 12.8. The molecule has 0 bridgehead atoms. The Labute approximate surface area is 153 Å². The number of likely N-dealkylation sites (tertiary alicyclic amines) is 1. The summed E-state index contributed by atoms with van der Waals surface area (Å²) in [7, 11) is 4.10. The van der Waals surface area contributed by atoms with Crippen LogP contribution in [0.1, 0.15) is 60.9 Å². The fraction of sp³-hybridized carbons (Fsp3) is 0.667. The third kappa shape index (κ3) is 2.82. The highest BCUT2D eigenvalue weighted by Gasteiger charge is 2.46. The second-order valence-electron chi connectivity index (χ2n) is 7.62. The molecule has 0 spiro atoms. The van der Waals surface area contributed by atoms with Crippen LogP contribution in [0.2, 0.25) is 0 Å². The minimum Gasteiger partial charge on any atom is -0.459 e. The molecule has 0 N–H and O–H groups in total. The summed E-state index contributed by atoms with van der Waals surface area (Å²) in [6.45, 7) is 1.28. The van der Waals surface area contributed by atoms with Crippen LogP contribution in [0.4, 0.5) is 0 Å². The van der Waals surface area contributed by atoms with E-state index in [0.717, 1.165) is 38.1 Å². The molecule has 1 aliphatic heterocycles. The largest absolute Gasteiger partial charge is 0.459 e. The van der Waals surface area contributed by atoms with E-state index >= 15 is 0 Å². The fourth-order valence-corrected chi connectivity index (χ4v) is 4.41. The molecule has 26 heavy (non-hydrogen) atoms. The van der Waals surface area contributed by atoms with Crippen LogP contribution in [0.3, 0.4) is 0 Å². The Hall–Kier alpha value is -2.22. The van der Waals surface area contributed by atoms with Gasteiger partial charge < -0.3 is 9.32 Å². The Kier molecular flexibility index (Phi) is 4.52. The quantitative estimate of drug-likeness (QED) is 0.832. The van der Waals surface area contributed by atoms with Gasteiger partial charge in [0.2, 0.25) is 0 Å². The van der Waals surface area contributed by atoms with E-state index in [1.165, 1.54) is 19.1 Å². The summed E-state index contributed by atoms with van der Waals surface area (Å²) in [4.78, 5) is 16.9. The van der Waals surface area contributed by atoms with Crippen molar-refractivity contribution < 1.29 is 9.21 Å². The van der Waals surface area contributed by atoms with Crippen LogP contribution in [0, 0.1) is 0 Å². The van der Waals surface area contributed by atoms with Gasteiger partial charge in [0, 0.05) is 13.1 Å². The predicted molar refractivity (Wildman–Crippen MR) is 94.5 cm³/mol. The van der Waals surface area contributed by atoms with Gasteiger partial charge in [-0.3, -0.25) is 9.69 Å². The average molecular weight is 358 g/mol. The van der Waals surface area contributed by atoms with E-state index in [9.17, 15) is 4.79 Å². The number of tetrazole rings is 1. The lowest BCUT2D eigenvalue weighted by molar-refractivity contribution is 0.0231. The Morgan fingerprint density at radius 2 is 2.12 bits per heavy atom. The van der Waals surface area contributed by atoms with Crippen LogP contribution < -0.4 is 0 Å². The lowest BCUT2D eigenvalue weighted by atomic mass is 9.86. The molecule has 8 heteroatoms. The molecular weight excluding hydrogens is 332 g/mol. The van der Waals surface area contributed by atoms with E-state index in [2.05, 4.69) is 34.5 Å². The van der Waals surface area contributed by atoms with E-state index in [4.69, 9.17) is 4.42 Å². The van der Waals surface area contributed by atoms with Crippen LogP contribution in [0.25, 0.3) is 0 Å². The van der Waals surface area contributed by atoms with E-state index in [-0.39, 0.29) is 11.4 Å². The molecule has 0 radical (unpaired) electrons. The predicted octanol–water partition coefficient (Wildman–Crippen LogP) is 2.07. The SMILES string of the molecule is CN(C)C1(c2nnnn2C2CCCC2)CCCN(C(=O)c2ccco2)C1. The van der Waals surface area contributed by atoms with E-state index in [0.29, 0.717) is 18.3 Å². The van der Waals surface area contributed by atoms with E-state index in [1.54, 1.807) is 12.1 Å². The molecule has 0 aromatic carbocycles. The van der Waals surface area contributed by atoms with Crippen LogP contribution in [-0.4, -0.2) is 63.1 Å². The highest BCUT2D eigenvalue weighted by Crippen LogP contribution is 2.38. The van der Waals surface area contributed by atoms with Crippen molar-refractivity contribution in [1.82, 2.24) is 30.0 Å². The lowest BCUT2D eigenvalue weighted by Gasteiger charge is -2.45. The Balaban J connectivity index is 1.67. The number of likely N-dealkylation sites (N-methyl/N-ethyl adjacent to an activating group) is 1. The molecule has 2 fully saturated rings. The average Bonchev–Trinajstić information content (AvgIpc) is 3.42. The standard InChI is InChI=1S/C18H26N6O2/c1-22(2)18(17-19-20-21-24(17)14-7-3-4-8-14)10-6-11-23(13-18)16(25)15-9-5-12-26-15/h5,9,12,14H,3-4,6-8,10-11,13H2,1-2H3. The van der Waals surface area contributed by atoms with Gasteiger partial charge in [0.25, 0.3) is 5.91 Å². The van der Waals surface area contributed by atoms with Gasteiger partial charge in [-0.25, -0.2) is 4.68 Å². The second-order valence-corrected chi connectivity index (χ2v) is 7.62. The number of carbonyl (C=O) groups excluding carboxylic acids is 1. The molecule has 8 nitrogen and oxygen atoms in total. The van der Waals surface area contributed by atoms with Crippen molar-refractivity contribution in [2.45, 2.75) is 50.1 Å². The molecule has 2 aliphatic rings. The van der Waals surface area contributed by atoms with Gasteiger partial charge in [0.05, 0.1) is 12.3 Å². The minimum absolute atomic E-state index is 0.0687. The summed E-state index contributed by atoms with van der Waals surface area (Å²) < 4.78 is 7.34. The first-order valence-corrected chi connectivity index (χ1v) is 9.40. The second kappa shape index (κ2) is 6.83. The number of carbonyl (C=O) groups is 1. The molecule has 1 saturated carbocycles. The van der Waals surface area contributed by atoms with Crippen LogP contribution in [-0.2, 0) is 5.54 Å². The number of aromatic nitrogens is 4. The maximum absolute atomic E-state index is 12.8. The molecule has 1 aliphatic carbocycles. The van der Waals surface area contributed by atoms with Crippen molar-refractivity contribution >= 4 is 5.91 Å². The maximum atomic E-state index is 12.8. The first-order valence-electron chi connectivity index (χ1n) is 9.40. The minimum atomic E-state index is -0.382. The van der Waals surface area contributed by atoms with Crippen LogP contribution in [0.15, 0.2) is 22.8 Å². The molecule has 1 amide bonds. The number of hydrogen-bond acceptors (Lipinski definition) is 6. The lowest BCUT2D eigenvalue weighted by Crippen LogP contribution is -2.56. The number of nitrogens with zero attached hydrogens (tertiary/aromatic N) is 6. The third-order valence-corrected chi connectivity index (χ3v) is 5.93. The van der Waals surface area contributed by atoms with Crippen molar-refractivity contribution in [3.05, 3.63) is 30.0 Å². The third-order valence-electron chi connectivity index (χ3n) is 5.93.